The molecule has 11 heavy (non-hydrogen) atoms. The zero-order chi connectivity index (χ0) is 7.68. The van der Waals surface area contributed by atoms with Gasteiger partial charge in [-0.25, -0.2) is 0 Å². The van der Waals surface area contributed by atoms with E-state index in [9.17, 15) is 0 Å². The molecule has 2 rings (SSSR count). The monoisotopic (exact) mass is 162 g/mol. The van der Waals surface area contributed by atoms with Crippen LogP contribution in [0.3, 0.4) is 0 Å². The van der Waals surface area contributed by atoms with E-state index in [1.807, 2.05) is 11.8 Å². The summed E-state index contributed by atoms with van der Waals surface area (Å²) in [5, 5.41) is 0. The molecule has 1 aliphatic rings. The van der Waals surface area contributed by atoms with Crippen LogP contribution in [-0.2, 0) is 0 Å². The van der Waals surface area contributed by atoms with Gasteiger partial charge in [-0.05, 0) is 23.6 Å². The molecule has 1 aromatic rings. The molecule has 0 nitrogen and oxygen atoms in total. The Bertz CT molecular complexity index is 289. The quantitative estimate of drug-likeness (QED) is 0.564. The zero-order valence-electron chi connectivity index (χ0n) is 6.34. The first kappa shape index (κ1) is 6.99. The number of benzene rings is 1. The second kappa shape index (κ2) is 2.74. The Kier molecular flexibility index (Phi) is 1.74. The number of thioether (sulfide) groups is 1. The molecule has 0 fully saturated rings. The minimum atomic E-state index is 1.14. The number of hydrogen-bond donors (Lipinski definition) is 0. The van der Waals surface area contributed by atoms with Crippen molar-refractivity contribution in [1.82, 2.24) is 0 Å². The van der Waals surface area contributed by atoms with Gasteiger partial charge >= 0.3 is 0 Å². The van der Waals surface area contributed by atoms with Crippen LogP contribution in [0.4, 0.5) is 0 Å². The molecule has 0 N–H and O–H groups in total. The highest BCUT2D eigenvalue weighted by Gasteiger charge is 2.10. The van der Waals surface area contributed by atoms with Gasteiger partial charge in [0.05, 0.1) is 0 Å². The lowest BCUT2D eigenvalue weighted by molar-refractivity contribution is 1.19. The maximum atomic E-state index is 4.04. The van der Waals surface area contributed by atoms with Gasteiger partial charge in [0, 0.05) is 10.6 Å². The van der Waals surface area contributed by atoms with Crippen LogP contribution in [0.2, 0.25) is 0 Å². The van der Waals surface area contributed by atoms with E-state index in [4.69, 9.17) is 0 Å². The summed E-state index contributed by atoms with van der Waals surface area (Å²) < 4.78 is 0. The van der Waals surface area contributed by atoms with Gasteiger partial charge in [-0.3, -0.25) is 0 Å². The molecule has 0 bridgehead atoms. The van der Waals surface area contributed by atoms with E-state index in [2.05, 4.69) is 30.8 Å². The van der Waals surface area contributed by atoms with Gasteiger partial charge < -0.3 is 0 Å². The molecule has 0 atom stereocenters. The lowest BCUT2D eigenvalue weighted by atomic mass is 10.1. The van der Waals surface area contributed by atoms with Crippen LogP contribution in [-0.4, -0.2) is 5.75 Å². The summed E-state index contributed by atoms with van der Waals surface area (Å²) in [4.78, 5) is 1.39. The van der Waals surface area contributed by atoms with E-state index < -0.39 is 0 Å². The van der Waals surface area contributed by atoms with Crippen LogP contribution in [0, 0.1) is 0 Å². The van der Waals surface area contributed by atoms with Crippen molar-refractivity contribution in [3.05, 3.63) is 36.4 Å². The van der Waals surface area contributed by atoms with Gasteiger partial charge in [0.2, 0.25) is 0 Å². The van der Waals surface area contributed by atoms with Crippen molar-refractivity contribution < 1.29 is 0 Å². The average molecular weight is 162 g/mol. The Balaban J connectivity index is 2.52. The number of fused-ring (bicyclic) bond motifs is 1. The van der Waals surface area contributed by atoms with Crippen molar-refractivity contribution in [3.8, 4) is 0 Å². The zero-order valence-corrected chi connectivity index (χ0v) is 7.16. The van der Waals surface area contributed by atoms with Crippen molar-refractivity contribution >= 4 is 17.3 Å². The normalized spacial score (nSPS) is 16.2. The third-order valence-corrected chi connectivity index (χ3v) is 3.00. The summed E-state index contributed by atoms with van der Waals surface area (Å²) in [6.07, 6.45) is 1.14. The molecule has 0 aliphatic carbocycles. The summed E-state index contributed by atoms with van der Waals surface area (Å²) in [5.74, 6) is 1.19. The fourth-order valence-corrected chi connectivity index (χ4v) is 2.41. The standard InChI is InChI=1S/C10H10S/c1-8-6-7-11-10-5-3-2-4-9(8)10/h2-5H,1,6-7H2. The second-order valence-electron chi connectivity index (χ2n) is 2.70. The third-order valence-electron chi connectivity index (χ3n) is 1.93. The Morgan fingerprint density at radius 3 is 2.91 bits per heavy atom. The van der Waals surface area contributed by atoms with Crippen molar-refractivity contribution in [2.45, 2.75) is 11.3 Å². The van der Waals surface area contributed by atoms with Crippen LogP contribution >= 0.6 is 11.8 Å². The van der Waals surface area contributed by atoms with E-state index in [0.717, 1.165) is 6.42 Å². The fraction of sp³-hybridized carbons (Fsp3) is 0.200. The maximum absolute atomic E-state index is 4.04. The first-order chi connectivity index (χ1) is 5.38. The minimum absolute atomic E-state index is 1.14. The molecule has 1 heteroatoms. The number of rotatable bonds is 0. The molecule has 0 radical (unpaired) electrons. The largest absolute Gasteiger partial charge is 0.125 e. The fourth-order valence-electron chi connectivity index (χ4n) is 1.30. The predicted octanol–water partition coefficient (Wildman–Crippen LogP) is 3.20. The Hall–Kier alpha value is -0.690. The van der Waals surface area contributed by atoms with E-state index >= 15 is 0 Å². The Morgan fingerprint density at radius 1 is 1.27 bits per heavy atom. The van der Waals surface area contributed by atoms with Crippen molar-refractivity contribution in [3.63, 3.8) is 0 Å². The lowest BCUT2D eigenvalue weighted by Crippen LogP contribution is -1.95. The molecule has 1 aliphatic heterocycles. The van der Waals surface area contributed by atoms with Crippen LogP contribution in [0.5, 0.6) is 0 Å². The summed E-state index contributed by atoms with van der Waals surface area (Å²) in [6.45, 7) is 4.04. The summed E-state index contributed by atoms with van der Waals surface area (Å²) in [6, 6.07) is 8.49. The van der Waals surface area contributed by atoms with E-state index in [1.54, 1.807) is 0 Å². The van der Waals surface area contributed by atoms with Crippen LogP contribution in [0.1, 0.15) is 12.0 Å². The SMILES string of the molecule is C=C1CCSc2ccccc21. The van der Waals surface area contributed by atoms with E-state index in [0.29, 0.717) is 0 Å². The highest BCUT2D eigenvalue weighted by atomic mass is 32.2. The molecule has 0 saturated heterocycles. The maximum Gasteiger partial charge on any atom is 0.0147 e. The van der Waals surface area contributed by atoms with Gasteiger partial charge in [-0.1, -0.05) is 24.8 Å². The van der Waals surface area contributed by atoms with Crippen molar-refractivity contribution in [2.75, 3.05) is 5.75 Å². The Morgan fingerprint density at radius 2 is 2.09 bits per heavy atom. The highest BCUT2D eigenvalue weighted by Crippen LogP contribution is 2.35. The molecule has 0 spiro atoms. The van der Waals surface area contributed by atoms with Crippen molar-refractivity contribution in [2.24, 2.45) is 0 Å². The average Bonchev–Trinajstić information content (AvgIpc) is 2.06. The molecular weight excluding hydrogens is 152 g/mol. The first-order valence-electron chi connectivity index (χ1n) is 3.78. The second-order valence-corrected chi connectivity index (χ2v) is 3.83. The van der Waals surface area contributed by atoms with Gasteiger partial charge in [-0.2, -0.15) is 0 Å². The van der Waals surface area contributed by atoms with Gasteiger partial charge in [0.15, 0.2) is 0 Å². The van der Waals surface area contributed by atoms with Crippen molar-refractivity contribution in [1.29, 1.82) is 0 Å². The summed E-state index contributed by atoms with van der Waals surface area (Å²) in [5.41, 5.74) is 2.64. The van der Waals surface area contributed by atoms with Crippen LogP contribution < -0.4 is 0 Å². The molecule has 0 aromatic heterocycles. The number of hydrogen-bond acceptors (Lipinski definition) is 1. The number of allylic oxidation sites excluding steroid dienone is 1. The molecule has 0 unspecified atom stereocenters. The molecule has 56 valence electrons. The molecule has 0 saturated carbocycles. The lowest BCUT2D eigenvalue weighted by Gasteiger charge is -2.16. The van der Waals surface area contributed by atoms with Gasteiger partial charge in [-0.15, -0.1) is 11.8 Å². The molecular formula is C10H10S. The third kappa shape index (κ3) is 1.21. The smallest absolute Gasteiger partial charge is 0.0147 e. The summed E-state index contributed by atoms with van der Waals surface area (Å²) >= 11 is 1.93. The van der Waals surface area contributed by atoms with Crippen LogP contribution in [0.25, 0.3) is 5.57 Å². The highest BCUT2D eigenvalue weighted by molar-refractivity contribution is 7.99. The van der Waals surface area contributed by atoms with Gasteiger partial charge in [0.1, 0.15) is 0 Å². The predicted molar refractivity (Wildman–Crippen MR) is 50.8 cm³/mol. The van der Waals surface area contributed by atoms with Gasteiger partial charge in [0.25, 0.3) is 0 Å². The minimum Gasteiger partial charge on any atom is -0.125 e. The van der Waals surface area contributed by atoms with E-state index in [1.165, 1.54) is 21.8 Å². The van der Waals surface area contributed by atoms with Crippen LogP contribution in [0.15, 0.2) is 35.7 Å². The topological polar surface area (TPSA) is 0 Å². The molecule has 1 aromatic carbocycles. The molecule has 1 heterocycles. The van der Waals surface area contributed by atoms with E-state index in [-0.39, 0.29) is 0 Å². The summed E-state index contributed by atoms with van der Waals surface area (Å²) in [7, 11) is 0. The molecule has 0 amide bonds. The first-order valence-corrected chi connectivity index (χ1v) is 4.76. The Labute approximate surface area is 71.3 Å².